The highest BCUT2D eigenvalue weighted by Crippen LogP contribution is 1.86. The first-order valence-corrected chi connectivity index (χ1v) is 4.75. The summed E-state index contributed by atoms with van der Waals surface area (Å²) in [7, 11) is 0. The minimum absolute atomic E-state index is 0.322. The lowest BCUT2D eigenvalue weighted by Crippen LogP contribution is -2.28. The van der Waals surface area contributed by atoms with E-state index >= 15 is 0 Å². The maximum absolute atomic E-state index is 11.2. The predicted molar refractivity (Wildman–Crippen MR) is 54.3 cm³/mol. The van der Waals surface area contributed by atoms with Crippen molar-refractivity contribution in [2.75, 3.05) is 6.54 Å². The van der Waals surface area contributed by atoms with E-state index in [0.717, 1.165) is 19.4 Å². The Morgan fingerprint density at radius 3 is 2.86 bits per heavy atom. The molecule has 1 aromatic heterocycles. The summed E-state index contributed by atoms with van der Waals surface area (Å²) >= 11 is 0. The molecule has 0 saturated carbocycles. The summed E-state index contributed by atoms with van der Waals surface area (Å²) in [6.07, 6.45) is 3.65. The van der Waals surface area contributed by atoms with Crippen LogP contribution in [0.1, 0.15) is 25.3 Å². The maximum Gasteiger partial charge on any atom is 0.325 e. The molecule has 0 bridgehead atoms. The lowest BCUT2D eigenvalue weighted by molar-refractivity contribution is 0.635. The lowest BCUT2D eigenvalue weighted by Gasteiger charge is -2.01. The molecule has 78 valence electrons. The number of hydrogen-bond donors (Lipinski definition) is 3. The standard InChI is InChI=1S/C9H15N3O2/c1-2-3-4-10-5-7-6-11-9(14)12-8(7)13/h6,10H,2-5H2,1H3,(H2,11,12,13,14). The SMILES string of the molecule is CCCCNCc1c[nH]c(=O)[nH]c1=O. The van der Waals surface area contributed by atoms with Gasteiger partial charge in [0.15, 0.2) is 0 Å². The van der Waals surface area contributed by atoms with Crippen LogP contribution in [-0.2, 0) is 6.54 Å². The quantitative estimate of drug-likeness (QED) is 0.579. The zero-order valence-corrected chi connectivity index (χ0v) is 8.22. The topological polar surface area (TPSA) is 77.8 Å². The average molecular weight is 197 g/mol. The molecule has 0 fully saturated rings. The van der Waals surface area contributed by atoms with Crippen molar-refractivity contribution < 1.29 is 0 Å². The van der Waals surface area contributed by atoms with E-state index in [1.54, 1.807) is 0 Å². The summed E-state index contributed by atoms with van der Waals surface area (Å²) in [5, 5.41) is 3.12. The molecule has 0 aliphatic heterocycles. The number of nitrogens with one attached hydrogen (secondary N) is 3. The van der Waals surface area contributed by atoms with Crippen molar-refractivity contribution in [2.24, 2.45) is 0 Å². The minimum Gasteiger partial charge on any atom is -0.314 e. The normalized spacial score (nSPS) is 10.4. The van der Waals surface area contributed by atoms with Gasteiger partial charge >= 0.3 is 5.69 Å². The summed E-state index contributed by atoms with van der Waals surface area (Å²) in [4.78, 5) is 26.5. The Morgan fingerprint density at radius 2 is 2.21 bits per heavy atom. The van der Waals surface area contributed by atoms with Crippen LogP contribution in [0.4, 0.5) is 0 Å². The molecule has 14 heavy (non-hydrogen) atoms. The largest absolute Gasteiger partial charge is 0.325 e. The zero-order valence-electron chi connectivity index (χ0n) is 8.22. The van der Waals surface area contributed by atoms with Gasteiger partial charge in [-0.15, -0.1) is 0 Å². The molecular weight excluding hydrogens is 182 g/mol. The first-order chi connectivity index (χ1) is 6.74. The highest BCUT2D eigenvalue weighted by molar-refractivity contribution is 5.02. The van der Waals surface area contributed by atoms with Crippen molar-refractivity contribution in [1.29, 1.82) is 0 Å². The molecule has 0 radical (unpaired) electrons. The number of aromatic amines is 2. The van der Waals surface area contributed by atoms with E-state index in [1.807, 2.05) is 0 Å². The molecule has 0 aliphatic rings. The third kappa shape index (κ3) is 3.18. The van der Waals surface area contributed by atoms with Crippen LogP contribution in [0, 0.1) is 0 Å². The number of hydrogen-bond acceptors (Lipinski definition) is 3. The second-order valence-corrected chi connectivity index (χ2v) is 3.13. The molecule has 1 heterocycles. The molecule has 0 aliphatic carbocycles. The van der Waals surface area contributed by atoms with Crippen LogP contribution in [0.2, 0.25) is 0 Å². The first kappa shape index (κ1) is 10.7. The summed E-state index contributed by atoms with van der Waals surface area (Å²) in [6.45, 7) is 3.48. The van der Waals surface area contributed by atoms with Gasteiger partial charge in [0, 0.05) is 18.3 Å². The first-order valence-electron chi connectivity index (χ1n) is 4.75. The van der Waals surface area contributed by atoms with Crippen molar-refractivity contribution in [3.8, 4) is 0 Å². The van der Waals surface area contributed by atoms with Crippen molar-refractivity contribution in [3.63, 3.8) is 0 Å². The van der Waals surface area contributed by atoms with Crippen LogP contribution in [-0.4, -0.2) is 16.5 Å². The molecule has 3 N–H and O–H groups in total. The fourth-order valence-corrected chi connectivity index (χ4v) is 1.09. The Bertz CT molecular complexity index is 380. The Hall–Kier alpha value is -1.36. The molecule has 0 amide bonds. The van der Waals surface area contributed by atoms with Crippen LogP contribution < -0.4 is 16.6 Å². The van der Waals surface area contributed by atoms with Gasteiger partial charge in [0.2, 0.25) is 0 Å². The number of aromatic nitrogens is 2. The van der Waals surface area contributed by atoms with Gasteiger partial charge in [0.05, 0.1) is 0 Å². The second kappa shape index (κ2) is 5.39. The molecule has 1 aromatic rings. The molecular formula is C9H15N3O2. The molecule has 5 heteroatoms. The smallest absolute Gasteiger partial charge is 0.314 e. The van der Waals surface area contributed by atoms with Crippen LogP contribution in [0.3, 0.4) is 0 Å². The molecule has 0 atom stereocenters. The lowest BCUT2D eigenvalue weighted by atomic mass is 10.3. The molecule has 0 saturated heterocycles. The average Bonchev–Trinajstić information content (AvgIpc) is 2.15. The van der Waals surface area contributed by atoms with E-state index in [0.29, 0.717) is 12.1 Å². The fraction of sp³-hybridized carbons (Fsp3) is 0.556. The van der Waals surface area contributed by atoms with Gasteiger partial charge in [0.1, 0.15) is 0 Å². The van der Waals surface area contributed by atoms with Crippen LogP contribution in [0.5, 0.6) is 0 Å². The van der Waals surface area contributed by atoms with Crippen LogP contribution in [0.15, 0.2) is 15.8 Å². The summed E-state index contributed by atoms with van der Waals surface area (Å²) < 4.78 is 0. The minimum atomic E-state index is -0.465. The van der Waals surface area contributed by atoms with Gasteiger partial charge in [-0.1, -0.05) is 13.3 Å². The van der Waals surface area contributed by atoms with Gasteiger partial charge in [-0.25, -0.2) is 4.79 Å². The van der Waals surface area contributed by atoms with Gasteiger partial charge in [-0.05, 0) is 13.0 Å². The van der Waals surface area contributed by atoms with Crippen molar-refractivity contribution in [2.45, 2.75) is 26.3 Å². The highest BCUT2D eigenvalue weighted by atomic mass is 16.2. The summed E-state index contributed by atoms with van der Waals surface area (Å²) in [6, 6.07) is 0. The summed E-state index contributed by atoms with van der Waals surface area (Å²) in [5.41, 5.74) is -0.231. The van der Waals surface area contributed by atoms with Crippen LogP contribution in [0.25, 0.3) is 0 Å². The highest BCUT2D eigenvalue weighted by Gasteiger charge is 1.98. The molecule has 0 unspecified atom stereocenters. The second-order valence-electron chi connectivity index (χ2n) is 3.13. The van der Waals surface area contributed by atoms with Crippen molar-refractivity contribution in [1.82, 2.24) is 15.3 Å². The Morgan fingerprint density at radius 1 is 1.43 bits per heavy atom. The third-order valence-corrected chi connectivity index (χ3v) is 1.92. The van der Waals surface area contributed by atoms with Gasteiger partial charge in [0.25, 0.3) is 5.56 Å². The fourth-order valence-electron chi connectivity index (χ4n) is 1.09. The van der Waals surface area contributed by atoms with E-state index < -0.39 is 5.69 Å². The molecule has 5 nitrogen and oxygen atoms in total. The number of rotatable bonds is 5. The molecule has 1 rings (SSSR count). The van der Waals surface area contributed by atoms with E-state index in [-0.39, 0.29) is 5.56 Å². The number of H-pyrrole nitrogens is 2. The predicted octanol–water partition coefficient (Wildman–Crippen LogP) is -0.0471. The van der Waals surface area contributed by atoms with E-state index in [1.165, 1.54) is 6.20 Å². The van der Waals surface area contributed by atoms with E-state index in [4.69, 9.17) is 0 Å². The Balaban J connectivity index is 2.51. The van der Waals surface area contributed by atoms with E-state index in [9.17, 15) is 9.59 Å². The van der Waals surface area contributed by atoms with Crippen molar-refractivity contribution in [3.05, 3.63) is 32.6 Å². The maximum atomic E-state index is 11.2. The summed E-state index contributed by atoms with van der Waals surface area (Å²) in [5.74, 6) is 0. The monoisotopic (exact) mass is 197 g/mol. The molecule has 0 aromatic carbocycles. The third-order valence-electron chi connectivity index (χ3n) is 1.92. The van der Waals surface area contributed by atoms with E-state index in [2.05, 4.69) is 22.2 Å². The Labute approximate surface area is 81.6 Å². The van der Waals surface area contributed by atoms with Crippen LogP contribution >= 0.6 is 0 Å². The van der Waals surface area contributed by atoms with Crippen molar-refractivity contribution >= 4 is 0 Å². The number of unbranched alkanes of at least 4 members (excludes halogenated alkanes) is 1. The van der Waals surface area contributed by atoms with Gasteiger partial charge in [-0.3, -0.25) is 9.78 Å². The van der Waals surface area contributed by atoms with Gasteiger partial charge in [-0.2, -0.15) is 0 Å². The van der Waals surface area contributed by atoms with Gasteiger partial charge < -0.3 is 10.3 Å². The zero-order chi connectivity index (χ0) is 10.4. The molecule has 0 spiro atoms. The Kier molecular flexibility index (Phi) is 4.12.